The van der Waals surface area contributed by atoms with Gasteiger partial charge in [-0.2, -0.15) is 0 Å². The SMILES string of the molecule is CCN1CCN(c2ccc(CNC(=O)Cc3csc(N4CCCC4=O)n3)cn2)CC1. The largest absolute Gasteiger partial charge is 0.354 e. The quantitative estimate of drug-likeness (QED) is 0.723. The van der Waals surface area contributed by atoms with Gasteiger partial charge in [0.15, 0.2) is 5.13 Å². The number of thiazole rings is 1. The van der Waals surface area contributed by atoms with Crippen LogP contribution in [0.25, 0.3) is 0 Å². The van der Waals surface area contributed by atoms with E-state index in [0.717, 1.165) is 57.1 Å². The Morgan fingerprint density at radius 1 is 1.20 bits per heavy atom. The molecule has 4 rings (SSSR count). The molecule has 0 radical (unpaired) electrons. The molecule has 9 heteroatoms. The molecule has 30 heavy (non-hydrogen) atoms. The zero-order valence-electron chi connectivity index (χ0n) is 17.3. The normalized spacial score (nSPS) is 17.6. The Balaban J connectivity index is 1.24. The molecule has 0 saturated carbocycles. The highest BCUT2D eigenvalue weighted by atomic mass is 32.1. The van der Waals surface area contributed by atoms with Crippen LogP contribution in [-0.2, 0) is 22.6 Å². The Kier molecular flexibility index (Phi) is 6.59. The van der Waals surface area contributed by atoms with Crippen molar-refractivity contribution >= 4 is 34.1 Å². The van der Waals surface area contributed by atoms with E-state index in [1.165, 1.54) is 11.3 Å². The van der Waals surface area contributed by atoms with Gasteiger partial charge in [0.2, 0.25) is 11.8 Å². The molecular formula is C21H28N6O2S. The van der Waals surface area contributed by atoms with Gasteiger partial charge in [0.05, 0.1) is 12.1 Å². The highest BCUT2D eigenvalue weighted by molar-refractivity contribution is 7.14. The van der Waals surface area contributed by atoms with Crippen LogP contribution < -0.4 is 15.1 Å². The summed E-state index contributed by atoms with van der Waals surface area (Å²) in [6, 6.07) is 4.05. The van der Waals surface area contributed by atoms with Gasteiger partial charge in [-0.3, -0.25) is 14.5 Å². The summed E-state index contributed by atoms with van der Waals surface area (Å²) in [4.78, 5) is 39.6. The summed E-state index contributed by atoms with van der Waals surface area (Å²) in [6.45, 7) is 8.58. The zero-order chi connectivity index (χ0) is 20.9. The second-order valence-electron chi connectivity index (χ2n) is 7.67. The molecule has 2 aliphatic rings. The number of nitrogens with one attached hydrogen (secondary N) is 1. The number of hydrogen-bond donors (Lipinski definition) is 1. The van der Waals surface area contributed by atoms with Crippen LogP contribution in [0.2, 0.25) is 0 Å². The Morgan fingerprint density at radius 2 is 2.03 bits per heavy atom. The van der Waals surface area contributed by atoms with Crippen molar-refractivity contribution in [3.05, 3.63) is 35.0 Å². The molecule has 2 aliphatic heterocycles. The smallest absolute Gasteiger partial charge is 0.228 e. The number of anilines is 2. The summed E-state index contributed by atoms with van der Waals surface area (Å²) in [5.74, 6) is 1.02. The van der Waals surface area contributed by atoms with Crippen LogP contribution in [0.1, 0.15) is 31.0 Å². The Morgan fingerprint density at radius 3 is 2.70 bits per heavy atom. The fraction of sp³-hybridized carbons (Fsp3) is 0.524. The molecule has 2 aromatic rings. The zero-order valence-corrected chi connectivity index (χ0v) is 18.2. The highest BCUT2D eigenvalue weighted by Gasteiger charge is 2.24. The maximum atomic E-state index is 12.3. The van der Waals surface area contributed by atoms with Crippen molar-refractivity contribution in [2.45, 2.75) is 32.7 Å². The van der Waals surface area contributed by atoms with Crippen LogP contribution in [0.3, 0.4) is 0 Å². The lowest BCUT2D eigenvalue weighted by molar-refractivity contribution is -0.120. The van der Waals surface area contributed by atoms with E-state index in [0.29, 0.717) is 23.8 Å². The van der Waals surface area contributed by atoms with Crippen molar-refractivity contribution in [2.24, 2.45) is 0 Å². The number of amides is 2. The molecule has 0 spiro atoms. The maximum Gasteiger partial charge on any atom is 0.228 e. The molecule has 2 saturated heterocycles. The molecule has 0 unspecified atom stereocenters. The van der Waals surface area contributed by atoms with Gasteiger partial charge in [-0.05, 0) is 24.6 Å². The van der Waals surface area contributed by atoms with E-state index < -0.39 is 0 Å². The van der Waals surface area contributed by atoms with E-state index in [4.69, 9.17) is 0 Å². The number of hydrogen-bond acceptors (Lipinski definition) is 7. The second-order valence-corrected chi connectivity index (χ2v) is 8.51. The van der Waals surface area contributed by atoms with Crippen molar-refractivity contribution in [1.29, 1.82) is 0 Å². The van der Waals surface area contributed by atoms with Crippen LogP contribution in [0, 0.1) is 0 Å². The Hall–Kier alpha value is -2.52. The summed E-state index contributed by atoms with van der Waals surface area (Å²) in [5.41, 5.74) is 1.67. The van der Waals surface area contributed by atoms with Gasteiger partial charge in [0.1, 0.15) is 5.82 Å². The van der Waals surface area contributed by atoms with E-state index >= 15 is 0 Å². The third-order valence-corrected chi connectivity index (χ3v) is 6.54. The van der Waals surface area contributed by atoms with E-state index in [-0.39, 0.29) is 18.2 Å². The van der Waals surface area contributed by atoms with Crippen molar-refractivity contribution in [3.63, 3.8) is 0 Å². The summed E-state index contributed by atoms with van der Waals surface area (Å²) in [5, 5.41) is 5.48. The molecule has 2 fully saturated rings. The molecule has 0 atom stereocenters. The maximum absolute atomic E-state index is 12.3. The fourth-order valence-electron chi connectivity index (χ4n) is 3.78. The molecule has 0 aromatic carbocycles. The third-order valence-electron chi connectivity index (χ3n) is 5.63. The van der Waals surface area contributed by atoms with Crippen LogP contribution in [0.4, 0.5) is 10.9 Å². The van der Waals surface area contributed by atoms with Crippen LogP contribution in [0.5, 0.6) is 0 Å². The number of carbonyl (C=O) groups is 2. The molecule has 2 amide bonds. The lowest BCUT2D eigenvalue weighted by atomic mass is 10.2. The first-order valence-corrected chi connectivity index (χ1v) is 11.4. The first-order chi connectivity index (χ1) is 14.6. The molecule has 4 heterocycles. The minimum Gasteiger partial charge on any atom is -0.354 e. The molecular weight excluding hydrogens is 400 g/mol. The second kappa shape index (κ2) is 9.53. The van der Waals surface area contributed by atoms with E-state index in [2.05, 4.69) is 32.0 Å². The lowest BCUT2D eigenvalue weighted by Gasteiger charge is -2.34. The molecule has 0 aliphatic carbocycles. The highest BCUT2D eigenvalue weighted by Crippen LogP contribution is 2.25. The summed E-state index contributed by atoms with van der Waals surface area (Å²) in [6.07, 6.45) is 3.50. The summed E-state index contributed by atoms with van der Waals surface area (Å²) in [7, 11) is 0. The van der Waals surface area contributed by atoms with Crippen molar-refractivity contribution in [1.82, 2.24) is 20.2 Å². The van der Waals surface area contributed by atoms with Gasteiger partial charge in [-0.1, -0.05) is 13.0 Å². The minimum absolute atomic E-state index is 0.0839. The van der Waals surface area contributed by atoms with Crippen molar-refractivity contribution in [2.75, 3.05) is 49.1 Å². The summed E-state index contributed by atoms with van der Waals surface area (Å²) < 4.78 is 0. The van der Waals surface area contributed by atoms with Gasteiger partial charge >= 0.3 is 0 Å². The predicted octanol–water partition coefficient (Wildman–Crippen LogP) is 1.67. The van der Waals surface area contributed by atoms with Crippen LogP contribution >= 0.6 is 11.3 Å². The average Bonchev–Trinajstić information content (AvgIpc) is 3.41. The van der Waals surface area contributed by atoms with Crippen molar-refractivity contribution < 1.29 is 9.59 Å². The first kappa shape index (κ1) is 20.7. The number of rotatable bonds is 7. The van der Waals surface area contributed by atoms with E-state index in [1.807, 2.05) is 23.7 Å². The summed E-state index contributed by atoms with van der Waals surface area (Å²) >= 11 is 1.42. The monoisotopic (exact) mass is 428 g/mol. The minimum atomic E-state index is -0.0839. The van der Waals surface area contributed by atoms with Gasteiger partial charge in [0, 0.05) is 57.3 Å². The van der Waals surface area contributed by atoms with Gasteiger partial charge in [-0.15, -0.1) is 11.3 Å². The molecule has 2 aromatic heterocycles. The number of pyridine rings is 1. The lowest BCUT2D eigenvalue weighted by Crippen LogP contribution is -2.46. The van der Waals surface area contributed by atoms with Crippen LogP contribution in [-0.4, -0.2) is 66.0 Å². The number of carbonyl (C=O) groups excluding carboxylic acids is 2. The molecule has 1 N–H and O–H groups in total. The fourth-order valence-corrected chi connectivity index (χ4v) is 4.65. The molecule has 0 bridgehead atoms. The van der Waals surface area contributed by atoms with Gasteiger partial charge in [0.25, 0.3) is 0 Å². The van der Waals surface area contributed by atoms with Gasteiger partial charge in [-0.25, -0.2) is 9.97 Å². The number of piperazine rings is 1. The topological polar surface area (TPSA) is 81.7 Å². The van der Waals surface area contributed by atoms with Gasteiger partial charge < -0.3 is 15.1 Å². The number of aromatic nitrogens is 2. The van der Waals surface area contributed by atoms with E-state index in [1.54, 1.807) is 4.90 Å². The first-order valence-electron chi connectivity index (χ1n) is 10.6. The van der Waals surface area contributed by atoms with E-state index in [9.17, 15) is 9.59 Å². The number of nitrogens with zero attached hydrogens (tertiary/aromatic N) is 5. The standard InChI is InChI=1S/C21H28N6O2S/c1-2-25-8-10-26(11-9-25)18-6-5-16(13-22-18)14-23-19(28)12-17-15-30-21(24-17)27-7-3-4-20(27)29/h5-6,13,15H,2-4,7-12,14H2,1H3,(H,23,28). The molecule has 160 valence electrons. The Labute approximate surface area is 180 Å². The Bertz CT molecular complexity index is 876. The van der Waals surface area contributed by atoms with Crippen LogP contribution in [0.15, 0.2) is 23.7 Å². The average molecular weight is 429 g/mol. The number of likely N-dealkylation sites (N-methyl/N-ethyl adjacent to an activating group) is 1. The predicted molar refractivity (Wildman–Crippen MR) is 118 cm³/mol. The van der Waals surface area contributed by atoms with Crippen molar-refractivity contribution in [3.8, 4) is 0 Å². The molecule has 8 nitrogen and oxygen atoms in total. The third kappa shape index (κ3) is 4.96.